The van der Waals surface area contributed by atoms with Crippen molar-refractivity contribution in [3.8, 4) is 0 Å². The SMILES string of the molecule is Cc1ccc2[nH+]c(SCC(=O)Nc3cccc(C(F)(F)F)c3)[nH]c2c1. The van der Waals surface area contributed by atoms with Gasteiger partial charge in [-0.1, -0.05) is 12.1 Å². The molecule has 2 aromatic carbocycles. The van der Waals surface area contributed by atoms with Crippen molar-refractivity contribution in [1.82, 2.24) is 4.98 Å². The van der Waals surface area contributed by atoms with Gasteiger partial charge in [0.2, 0.25) is 5.91 Å². The molecule has 3 aromatic rings. The van der Waals surface area contributed by atoms with Crippen molar-refractivity contribution in [3.05, 3.63) is 53.6 Å². The highest BCUT2D eigenvalue weighted by atomic mass is 32.2. The first-order valence-electron chi connectivity index (χ1n) is 7.43. The Morgan fingerprint density at radius 1 is 1.24 bits per heavy atom. The molecule has 0 unspecified atom stereocenters. The number of hydrogen-bond acceptors (Lipinski definition) is 2. The van der Waals surface area contributed by atoms with Crippen LogP contribution >= 0.6 is 11.8 Å². The van der Waals surface area contributed by atoms with Crippen LogP contribution in [0.3, 0.4) is 0 Å². The van der Waals surface area contributed by atoms with Crippen molar-refractivity contribution >= 4 is 34.4 Å². The largest absolute Gasteiger partial charge is 0.416 e. The zero-order valence-corrected chi connectivity index (χ0v) is 14.0. The van der Waals surface area contributed by atoms with Gasteiger partial charge in [-0.2, -0.15) is 13.2 Å². The van der Waals surface area contributed by atoms with E-state index < -0.39 is 11.7 Å². The van der Waals surface area contributed by atoms with Gasteiger partial charge in [0.1, 0.15) is 0 Å². The summed E-state index contributed by atoms with van der Waals surface area (Å²) in [6, 6.07) is 10.5. The number of anilines is 1. The number of alkyl halides is 3. The number of rotatable bonds is 4. The van der Waals surface area contributed by atoms with Crippen molar-refractivity contribution in [2.24, 2.45) is 0 Å². The maximum absolute atomic E-state index is 12.7. The third-order valence-electron chi connectivity index (χ3n) is 3.49. The fourth-order valence-corrected chi connectivity index (χ4v) is 3.04. The summed E-state index contributed by atoms with van der Waals surface area (Å²) >= 11 is 1.24. The maximum Gasteiger partial charge on any atom is 0.416 e. The van der Waals surface area contributed by atoms with Crippen LogP contribution in [0.25, 0.3) is 11.0 Å². The van der Waals surface area contributed by atoms with Crippen molar-refractivity contribution in [2.75, 3.05) is 11.1 Å². The predicted molar refractivity (Wildman–Crippen MR) is 90.4 cm³/mol. The average Bonchev–Trinajstić information content (AvgIpc) is 2.94. The quantitative estimate of drug-likeness (QED) is 0.685. The number of thioether (sulfide) groups is 1. The summed E-state index contributed by atoms with van der Waals surface area (Å²) < 4.78 is 38.0. The zero-order valence-electron chi connectivity index (χ0n) is 13.2. The molecule has 0 spiro atoms. The van der Waals surface area contributed by atoms with Crippen LogP contribution < -0.4 is 10.3 Å². The van der Waals surface area contributed by atoms with E-state index in [9.17, 15) is 18.0 Å². The Balaban J connectivity index is 1.62. The molecule has 0 atom stereocenters. The van der Waals surface area contributed by atoms with Gasteiger partial charge >= 0.3 is 11.3 Å². The summed E-state index contributed by atoms with van der Waals surface area (Å²) in [5, 5.41) is 3.19. The number of nitrogens with one attached hydrogen (secondary N) is 3. The first kappa shape index (κ1) is 17.3. The van der Waals surface area contributed by atoms with Crippen LogP contribution in [0, 0.1) is 6.92 Å². The fraction of sp³-hybridized carbons (Fsp3) is 0.176. The van der Waals surface area contributed by atoms with Crippen molar-refractivity contribution < 1.29 is 22.9 Å². The van der Waals surface area contributed by atoms with E-state index >= 15 is 0 Å². The summed E-state index contributed by atoms with van der Waals surface area (Å²) in [5.74, 6) is -0.314. The number of imidazole rings is 1. The molecule has 3 N–H and O–H groups in total. The number of aromatic nitrogens is 2. The Hall–Kier alpha value is -2.48. The Kier molecular flexibility index (Phi) is 4.71. The minimum Gasteiger partial charge on any atom is -0.325 e. The molecule has 3 rings (SSSR count). The molecule has 0 aliphatic heterocycles. The lowest BCUT2D eigenvalue weighted by molar-refractivity contribution is -0.396. The van der Waals surface area contributed by atoms with Crippen molar-refractivity contribution in [1.29, 1.82) is 0 Å². The van der Waals surface area contributed by atoms with Gasteiger partial charge in [-0.05, 0) is 54.6 Å². The van der Waals surface area contributed by atoms with E-state index in [1.54, 1.807) is 0 Å². The van der Waals surface area contributed by atoms with Gasteiger partial charge in [0.25, 0.3) is 0 Å². The second-order valence-electron chi connectivity index (χ2n) is 5.54. The van der Waals surface area contributed by atoms with E-state index in [0.29, 0.717) is 5.16 Å². The van der Waals surface area contributed by atoms with Gasteiger partial charge in [-0.25, -0.2) is 9.97 Å². The van der Waals surface area contributed by atoms with Gasteiger partial charge in [-0.3, -0.25) is 4.79 Å². The third-order valence-corrected chi connectivity index (χ3v) is 4.39. The molecule has 4 nitrogen and oxygen atoms in total. The zero-order chi connectivity index (χ0) is 18.0. The lowest BCUT2D eigenvalue weighted by atomic mass is 10.2. The lowest BCUT2D eigenvalue weighted by Crippen LogP contribution is -2.16. The molecule has 0 bridgehead atoms. The van der Waals surface area contributed by atoms with E-state index in [2.05, 4.69) is 15.3 Å². The van der Waals surface area contributed by atoms with Gasteiger partial charge in [0, 0.05) is 5.69 Å². The van der Waals surface area contributed by atoms with Gasteiger partial charge in [0.05, 0.1) is 11.3 Å². The summed E-state index contributed by atoms with van der Waals surface area (Å²) in [7, 11) is 0. The monoisotopic (exact) mass is 366 g/mol. The van der Waals surface area contributed by atoms with Crippen LogP contribution in [0.4, 0.5) is 18.9 Å². The van der Waals surface area contributed by atoms with E-state index in [1.807, 2.05) is 25.1 Å². The second-order valence-corrected chi connectivity index (χ2v) is 6.53. The Bertz CT molecular complexity index is 921. The number of fused-ring (bicyclic) bond motifs is 1. The number of amides is 1. The highest BCUT2D eigenvalue weighted by Gasteiger charge is 2.30. The standard InChI is InChI=1S/C17H14F3N3OS/c1-10-5-6-13-14(7-10)23-16(22-13)25-9-15(24)21-12-4-2-3-11(8-12)17(18,19)20/h2-8H,9H2,1H3,(H,21,24)(H,22,23)/p+1. The number of aryl methyl sites for hydroxylation is 1. The van der Waals surface area contributed by atoms with Crippen LogP contribution in [0.2, 0.25) is 0 Å². The number of benzene rings is 2. The minimum atomic E-state index is -4.44. The molecule has 0 saturated heterocycles. The van der Waals surface area contributed by atoms with Gasteiger partial charge in [0.15, 0.2) is 11.0 Å². The molecule has 1 amide bonds. The van der Waals surface area contributed by atoms with Crippen LogP contribution in [-0.2, 0) is 11.0 Å². The van der Waals surface area contributed by atoms with Crippen LogP contribution in [0.1, 0.15) is 11.1 Å². The molecule has 130 valence electrons. The van der Waals surface area contributed by atoms with Crippen LogP contribution in [-0.4, -0.2) is 16.6 Å². The number of carbonyl (C=O) groups excluding carboxylic acids is 1. The Morgan fingerprint density at radius 2 is 2.04 bits per heavy atom. The van der Waals surface area contributed by atoms with Crippen molar-refractivity contribution in [2.45, 2.75) is 18.3 Å². The maximum atomic E-state index is 12.7. The van der Waals surface area contributed by atoms with E-state index in [1.165, 1.54) is 23.9 Å². The molecule has 1 aromatic heterocycles. The predicted octanol–water partition coefficient (Wildman–Crippen LogP) is 4.04. The summed E-state index contributed by atoms with van der Waals surface area (Å²) in [6.45, 7) is 1.98. The number of aromatic amines is 2. The molecule has 0 saturated carbocycles. The average molecular weight is 366 g/mol. The molecule has 0 radical (unpaired) electrons. The number of H-pyrrole nitrogens is 2. The molecular formula is C17H15F3N3OS+. The molecule has 0 aliphatic rings. The molecule has 0 fully saturated rings. The second kappa shape index (κ2) is 6.79. The third kappa shape index (κ3) is 4.33. The Labute approximate surface area is 145 Å². The van der Waals surface area contributed by atoms with Crippen LogP contribution in [0.15, 0.2) is 47.6 Å². The smallest absolute Gasteiger partial charge is 0.325 e. The van der Waals surface area contributed by atoms with E-state index in [4.69, 9.17) is 0 Å². The first-order chi connectivity index (χ1) is 11.8. The lowest BCUT2D eigenvalue weighted by Gasteiger charge is -2.09. The number of hydrogen-bond donors (Lipinski definition) is 2. The molecule has 8 heteroatoms. The fourth-order valence-electron chi connectivity index (χ4n) is 2.33. The normalized spacial score (nSPS) is 11.7. The summed E-state index contributed by atoms with van der Waals surface area (Å²) in [4.78, 5) is 18.3. The number of carbonyl (C=O) groups is 1. The molecular weight excluding hydrogens is 351 g/mol. The molecule has 25 heavy (non-hydrogen) atoms. The Morgan fingerprint density at radius 3 is 2.80 bits per heavy atom. The summed E-state index contributed by atoms with van der Waals surface area (Å²) in [6.07, 6.45) is -4.44. The minimum absolute atomic E-state index is 0.0680. The summed E-state index contributed by atoms with van der Waals surface area (Å²) in [5.41, 5.74) is 2.29. The highest BCUT2D eigenvalue weighted by molar-refractivity contribution is 7.99. The number of halogens is 3. The van der Waals surface area contributed by atoms with E-state index in [-0.39, 0.29) is 17.3 Å². The molecule has 1 heterocycles. The van der Waals surface area contributed by atoms with Crippen molar-refractivity contribution in [3.63, 3.8) is 0 Å². The van der Waals surface area contributed by atoms with Gasteiger partial charge < -0.3 is 5.32 Å². The molecule has 0 aliphatic carbocycles. The van der Waals surface area contributed by atoms with E-state index in [0.717, 1.165) is 28.7 Å². The highest BCUT2D eigenvalue weighted by Crippen LogP contribution is 2.30. The topological polar surface area (TPSA) is 59.0 Å². The van der Waals surface area contributed by atoms with Gasteiger partial charge in [-0.15, -0.1) is 0 Å². The van der Waals surface area contributed by atoms with Crippen LogP contribution in [0.5, 0.6) is 0 Å². The first-order valence-corrected chi connectivity index (χ1v) is 8.41.